The summed E-state index contributed by atoms with van der Waals surface area (Å²) < 4.78 is 0. The largest absolute Gasteiger partial charge is 0.397 e. The van der Waals surface area contributed by atoms with Crippen molar-refractivity contribution in [3.63, 3.8) is 0 Å². The number of aromatic nitrogens is 2. The van der Waals surface area contributed by atoms with Gasteiger partial charge in [0.15, 0.2) is 0 Å². The fourth-order valence-electron chi connectivity index (χ4n) is 2.14. The van der Waals surface area contributed by atoms with Gasteiger partial charge in [0.2, 0.25) is 0 Å². The second kappa shape index (κ2) is 17.1. The maximum absolute atomic E-state index is 10.4. The molecule has 0 aliphatic carbocycles. The Balaban J connectivity index is 0. The molecule has 0 unspecified atom stereocenters. The molecule has 33 heavy (non-hydrogen) atoms. The van der Waals surface area contributed by atoms with Crippen LogP contribution in [-0.4, -0.2) is 26.4 Å². The van der Waals surface area contributed by atoms with Gasteiger partial charge < -0.3 is 11.1 Å². The molecule has 0 aromatic carbocycles. The molecule has 0 fully saturated rings. The summed E-state index contributed by atoms with van der Waals surface area (Å²) in [7, 11) is 0. The van der Waals surface area contributed by atoms with Crippen LogP contribution in [0.15, 0.2) is 73.1 Å². The highest BCUT2D eigenvalue weighted by Crippen LogP contribution is 2.09. The Labute approximate surface area is 203 Å². The molecule has 0 bridgehead atoms. The van der Waals surface area contributed by atoms with Gasteiger partial charge in [0.25, 0.3) is 12.4 Å². The van der Waals surface area contributed by atoms with Crippen molar-refractivity contribution in [2.24, 2.45) is 5.73 Å². The molecule has 2 aromatic rings. The minimum absolute atomic E-state index is 0. The van der Waals surface area contributed by atoms with E-state index in [-0.39, 0.29) is 20.6 Å². The van der Waals surface area contributed by atoms with E-state index < -0.39 is 9.85 Å². The number of allylic oxidation sites excluding steroid dienone is 2. The lowest BCUT2D eigenvalue weighted by atomic mass is 10.1. The Kier molecular flexibility index (Phi) is 16.4. The Morgan fingerprint density at radius 3 is 1.85 bits per heavy atom. The van der Waals surface area contributed by atoms with E-state index in [0.717, 1.165) is 23.5 Å². The molecule has 0 saturated heterocycles. The molecule has 3 N–H and O–H groups in total. The number of nitro groups is 2. The Bertz CT molecular complexity index is 948. The zero-order valence-electron chi connectivity index (χ0n) is 16.3. The minimum atomic E-state index is -0.585. The van der Waals surface area contributed by atoms with E-state index in [9.17, 15) is 20.2 Å². The smallest absolute Gasteiger partial charge is 0.253 e. The van der Waals surface area contributed by atoms with Crippen molar-refractivity contribution in [1.29, 1.82) is 0 Å². The molecule has 2 heterocycles. The fraction of sp³-hybridized carbons (Fsp3) is 0.238. The number of pyridine rings is 2. The normalized spacial score (nSPS) is 10.5. The molecular formula is C21H28Cl2N6O4. The van der Waals surface area contributed by atoms with Crippen molar-refractivity contribution < 1.29 is 9.85 Å². The standard InChI is InChI=1S/C11H12ClN3O2.C8H8ClN3O2.2CH4/c1-2-5-13-10(8-15(16)17)6-9-3-4-11(12)14-7-9;9-8-2-1-6(4-11-8)3-7(10)5-12(13)14;;/h2-4,7-8,13H,1,5-6H2;1-2,4-5H,3,10H2;2*1H4/b10-8-;7-5-;;. The highest BCUT2D eigenvalue weighted by atomic mass is 35.5. The average Bonchev–Trinajstić information content (AvgIpc) is 2.69. The number of halogens is 2. The second-order valence-electron chi connectivity index (χ2n) is 5.93. The third-order valence-electron chi connectivity index (χ3n) is 3.39. The van der Waals surface area contributed by atoms with Gasteiger partial charge in [-0.1, -0.05) is 56.3 Å². The topological polar surface area (TPSA) is 150 Å². The van der Waals surface area contributed by atoms with Gasteiger partial charge in [0, 0.05) is 31.8 Å². The molecule has 10 nitrogen and oxygen atoms in total. The number of nitrogens with zero attached hydrogens (tertiary/aromatic N) is 4. The molecule has 0 spiro atoms. The van der Waals surface area contributed by atoms with Crippen molar-refractivity contribution in [2.75, 3.05) is 6.54 Å². The molecule has 0 atom stereocenters. The molecular weight excluding hydrogens is 471 g/mol. The number of hydrogen-bond acceptors (Lipinski definition) is 8. The monoisotopic (exact) mass is 498 g/mol. The van der Waals surface area contributed by atoms with E-state index in [1.807, 2.05) is 0 Å². The van der Waals surface area contributed by atoms with Crippen molar-refractivity contribution in [3.8, 4) is 0 Å². The Hall–Kier alpha value is -3.50. The predicted octanol–water partition coefficient (Wildman–Crippen LogP) is 4.80. The highest BCUT2D eigenvalue weighted by Gasteiger charge is 2.04. The SMILES string of the molecule is C.C.C=CCN/C(=C\[N+](=O)[O-])Cc1ccc(Cl)nc1.N/C(=C\[N+](=O)[O-])Cc1ccc(Cl)nc1. The van der Waals surface area contributed by atoms with Gasteiger partial charge in [0.1, 0.15) is 10.3 Å². The van der Waals surface area contributed by atoms with Gasteiger partial charge in [-0.3, -0.25) is 20.2 Å². The van der Waals surface area contributed by atoms with Gasteiger partial charge >= 0.3 is 0 Å². The summed E-state index contributed by atoms with van der Waals surface area (Å²) in [5, 5.41) is 24.2. The quantitative estimate of drug-likeness (QED) is 0.216. The lowest BCUT2D eigenvalue weighted by Crippen LogP contribution is -2.16. The fourth-order valence-corrected chi connectivity index (χ4v) is 2.37. The van der Waals surface area contributed by atoms with Gasteiger partial charge in [0.05, 0.1) is 21.2 Å². The maximum Gasteiger partial charge on any atom is 0.253 e. The van der Waals surface area contributed by atoms with Crippen molar-refractivity contribution in [1.82, 2.24) is 15.3 Å². The van der Waals surface area contributed by atoms with Gasteiger partial charge in [-0.2, -0.15) is 0 Å². The van der Waals surface area contributed by atoms with Gasteiger partial charge in [-0.25, -0.2) is 9.97 Å². The lowest BCUT2D eigenvalue weighted by Gasteiger charge is -2.06. The van der Waals surface area contributed by atoms with Crippen LogP contribution < -0.4 is 11.1 Å². The first kappa shape index (κ1) is 31.7. The summed E-state index contributed by atoms with van der Waals surface area (Å²) in [6.07, 6.45) is 7.17. The molecule has 0 radical (unpaired) electrons. The van der Waals surface area contributed by atoms with E-state index in [4.69, 9.17) is 28.9 Å². The zero-order valence-corrected chi connectivity index (χ0v) is 17.8. The van der Waals surface area contributed by atoms with Crippen molar-refractivity contribution in [2.45, 2.75) is 27.7 Å². The number of nitrogens with two attached hydrogens (primary N) is 1. The third kappa shape index (κ3) is 15.0. The van der Waals surface area contributed by atoms with Crippen LogP contribution >= 0.6 is 23.2 Å². The van der Waals surface area contributed by atoms with E-state index in [0.29, 0.717) is 35.4 Å². The first-order chi connectivity index (χ1) is 14.7. The Morgan fingerprint density at radius 2 is 1.45 bits per heavy atom. The van der Waals surface area contributed by atoms with E-state index >= 15 is 0 Å². The van der Waals surface area contributed by atoms with E-state index in [1.165, 1.54) is 6.20 Å². The predicted molar refractivity (Wildman–Crippen MR) is 132 cm³/mol. The number of hydrogen-bond donors (Lipinski definition) is 2. The van der Waals surface area contributed by atoms with Crippen LogP contribution in [0.4, 0.5) is 0 Å². The maximum atomic E-state index is 10.4. The molecule has 180 valence electrons. The van der Waals surface area contributed by atoms with Crippen LogP contribution in [0.3, 0.4) is 0 Å². The van der Waals surface area contributed by atoms with Gasteiger partial charge in [-0.05, 0) is 23.3 Å². The molecule has 0 aliphatic heterocycles. The molecule has 2 aromatic heterocycles. The molecule has 0 saturated carbocycles. The first-order valence-electron chi connectivity index (χ1n) is 8.69. The van der Waals surface area contributed by atoms with Gasteiger partial charge in [-0.15, -0.1) is 6.58 Å². The molecule has 0 aliphatic rings. The minimum Gasteiger partial charge on any atom is -0.397 e. The van der Waals surface area contributed by atoms with Crippen molar-refractivity contribution in [3.05, 3.63) is 115 Å². The molecule has 2 rings (SSSR count). The molecule has 0 amide bonds. The highest BCUT2D eigenvalue weighted by molar-refractivity contribution is 6.29. The third-order valence-corrected chi connectivity index (χ3v) is 3.83. The summed E-state index contributed by atoms with van der Waals surface area (Å²) in [5.74, 6) is 0. The summed E-state index contributed by atoms with van der Waals surface area (Å²) in [6, 6.07) is 6.75. The van der Waals surface area contributed by atoms with Crippen LogP contribution in [-0.2, 0) is 12.8 Å². The summed E-state index contributed by atoms with van der Waals surface area (Å²) in [5.41, 5.74) is 7.71. The average molecular weight is 499 g/mol. The van der Waals surface area contributed by atoms with Crippen LogP contribution in [0.5, 0.6) is 0 Å². The van der Waals surface area contributed by atoms with Crippen LogP contribution in [0.25, 0.3) is 0 Å². The lowest BCUT2D eigenvalue weighted by molar-refractivity contribution is -0.403. The summed E-state index contributed by atoms with van der Waals surface area (Å²) >= 11 is 11.2. The van der Waals surface area contributed by atoms with Crippen LogP contribution in [0, 0.1) is 20.2 Å². The number of rotatable bonds is 9. The van der Waals surface area contributed by atoms with Crippen LogP contribution in [0.2, 0.25) is 10.3 Å². The first-order valence-corrected chi connectivity index (χ1v) is 9.44. The Morgan fingerprint density at radius 1 is 0.970 bits per heavy atom. The molecule has 12 heteroatoms. The second-order valence-corrected chi connectivity index (χ2v) is 6.71. The zero-order chi connectivity index (χ0) is 23.2. The van der Waals surface area contributed by atoms with E-state index in [1.54, 1.807) is 36.5 Å². The van der Waals surface area contributed by atoms with E-state index in [2.05, 4.69) is 21.9 Å². The summed E-state index contributed by atoms with van der Waals surface area (Å²) in [4.78, 5) is 27.2. The number of nitrogens with one attached hydrogen (secondary N) is 1. The van der Waals surface area contributed by atoms with Crippen LogP contribution in [0.1, 0.15) is 26.0 Å². The summed E-state index contributed by atoms with van der Waals surface area (Å²) in [6.45, 7) is 4.01. The van der Waals surface area contributed by atoms with Crippen molar-refractivity contribution >= 4 is 23.2 Å².